The van der Waals surface area contributed by atoms with Crippen LogP contribution in [-0.2, 0) is 17.8 Å². The lowest BCUT2D eigenvalue weighted by Crippen LogP contribution is -2.24. The van der Waals surface area contributed by atoms with Crippen molar-refractivity contribution in [3.8, 4) is 0 Å². The Morgan fingerprint density at radius 2 is 2.05 bits per heavy atom. The lowest BCUT2D eigenvalue weighted by molar-refractivity contribution is 0.176. The molecule has 21 heavy (non-hydrogen) atoms. The van der Waals surface area contributed by atoms with Gasteiger partial charge in [-0.15, -0.1) is 10.2 Å². The van der Waals surface area contributed by atoms with E-state index in [9.17, 15) is 0 Å². The maximum Gasteiger partial charge on any atom is 0.234 e. The summed E-state index contributed by atoms with van der Waals surface area (Å²) in [6, 6.07) is 0. The Morgan fingerprint density at radius 3 is 2.67 bits per heavy atom. The van der Waals surface area contributed by atoms with Crippen LogP contribution in [0.1, 0.15) is 44.4 Å². The van der Waals surface area contributed by atoms with Crippen LogP contribution in [0.2, 0.25) is 0 Å². The molecule has 0 saturated carbocycles. The van der Waals surface area contributed by atoms with Crippen LogP contribution in [0.3, 0.4) is 0 Å². The lowest BCUT2D eigenvalue weighted by atomic mass is 9.76. The molecule has 0 spiro atoms. The van der Waals surface area contributed by atoms with Gasteiger partial charge in [0.1, 0.15) is 11.6 Å². The van der Waals surface area contributed by atoms with Gasteiger partial charge < -0.3 is 10.5 Å². The van der Waals surface area contributed by atoms with Crippen LogP contribution in [0, 0.1) is 11.3 Å². The average Bonchev–Trinajstić information content (AvgIpc) is 2.95. The molecule has 0 aromatic carbocycles. The van der Waals surface area contributed by atoms with Gasteiger partial charge in [0.05, 0.1) is 0 Å². The molecule has 0 amide bonds. The van der Waals surface area contributed by atoms with Crippen LogP contribution in [0.5, 0.6) is 0 Å². The first kappa shape index (κ1) is 16.3. The van der Waals surface area contributed by atoms with Crippen molar-refractivity contribution in [2.24, 2.45) is 17.1 Å². The Morgan fingerprint density at radius 1 is 1.29 bits per heavy atom. The third kappa shape index (κ3) is 3.99. The summed E-state index contributed by atoms with van der Waals surface area (Å²) >= 11 is 1.61. The van der Waals surface area contributed by atoms with Gasteiger partial charge >= 0.3 is 0 Å². The molecule has 2 aromatic heterocycles. The number of fused-ring (bicyclic) bond motifs is 1. The number of methoxy groups -OCH3 is 1. The third-order valence-corrected chi connectivity index (χ3v) is 4.78. The highest BCUT2D eigenvalue weighted by atomic mass is 32.1. The van der Waals surface area contributed by atoms with E-state index >= 15 is 0 Å². The van der Waals surface area contributed by atoms with Crippen molar-refractivity contribution in [3.63, 3.8) is 0 Å². The monoisotopic (exact) mass is 311 g/mol. The molecule has 2 rings (SSSR count). The van der Waals surface area contributed by atoms with Crippen molar-refractivity contribution >= 4 is 16.3 Å². The van der Waals surface area contributed by atoms with E-state index < -0.39 is 0 Å². The summed E-state index contributed by atoms with van der Waals surface area (Å²) in [5.41, 5.74) is 6.02. The first-order valence-electron chi connectivity index (χ1n) is 7.34. The second kappa shape index (κ2) is 6.81. The predicted molar refractivity (Wildman–Crippen MR) is 84.3 cm³/mol. The molecule has 1 atom stereocenters. The van der Waals surface area contributed by atoms with E-state index in [1.54, 1.807) is 23.0 Å². The molecule has 0 aliphatic carbocycles. The average molecular weight is 311 g/mol. The smallest absolute Gasteiger partial charge is 0.234 e. The maximum atomic E-state index is 5.74. The van der Waals surface area contributed by atoms with Gasteiger partial charge in [-0.2, -0.15) is 9.61 Å². The Labute approximate surface area is 129 Å². The van der Waals surface area contributed by atoms with Gasteiger partial charge in [0.25, 0.3) is 0 Å². The molecule has 6 nitrogen and oxygen atoms in total. The first-order valence-corrected chi connectivity index (χ1v) is 8.16. The molecule has 0 saturated heterocycles. The number of nitrogens with zero attached hydrogens (tertiary/aromatic N) is 4. The van der Waals surface area contributed by atoms with Crippen molar-refractivity contribution < 1.29 is 4.74 Å². The Hall–Kier alpha value is -1.05. The number of ether oxygens (including phenoxy) is 1. The molecule has 7 heteroatoms. The lowest BCUT2D eigenvalue weighted by Gasteiger charge is -2.30. The highest BCUT2D eigenvalue weighted by Gasteiger charge is 2.24. The largest absolute Gasteiger partial charge is 0.377 e. The van der Waals surface area contributed by atoms with E-state index in [0.717, 1.165) is 41.6 Å². The highest BCUT2D eigenvalue weighted by Crippen LogP contribution is 2.32. The molecule has 118 valence electrons. The minimum atomic E-state index is 0.277. The van der Waals surface area contributed by atoms with E-state index in [4.69, 9.17) is 10.5 Å². The Balaban J connectivity index is 2.05. The van der Waals surface area contributed by atoms with Crippen molar-refractivity contribution in [2.75, 3.05) is 13.7 Å². The van der Waals surface area contributed by atoms with Crippen molar-refractivity contribution in [1.29, 1.82) is 0 Å². The zero-order chi connectivity index (χ0) is 15.5. The normalized spacial score (nSPS) is 14.0. The summed E-state index contributed by atoms with van der Waals surface area (Å²) in [5.74, 6) is 1.36. The fourth-order valence-electron chi connectivity index (χ4n) is 2.53. The standard InChI is InChI=1S/C14H25N5OS/c1-14(2,3)10(7-8-15)5-6-12-18-19-11(9-20-4)16-17-13(19)21-12/h10H,5-9,15H2,1-4H3. The van der Waals surface area contributed by atoms with Crippen LogP contribution < -0.4 is 5.73 Å². The summed E-state index contributed by atoms with van der Waals surface area (Å²) in [6.07, 6.45) is 3.12. The zero-order valence-corrected chi connectivity index (χ0v) is 14.1. The SMILES string of the molecule is COCc1nnc2sc(CCC(CCN)C(C)(C)C)nn12. The van der Waals surface area contributed by atoms with Crippen molar-refractivity contribution in [3.05, 3.63) is 10.8 Å². The number of aryl methyl sites for hydroxylation is 1. The van der Waals surface area contributed by atoms with Gasteiger partial charge in [-0.05, 0) is 30.7 Å². The van der Waals surface area contributed by atoms with Gasteiger partial charge in [0.2, 0.25) is 4.96 Å². The quantitative estimate of drug-likeness (QED) is 0.848. The molecule has 0 radical (unpaired) electrons. The Bertz CT molecular complexity index is 571. The molecule has 0 aliphatic rings. The minimum absolute atomic E-state index is 0.277. The van der Waals surface area contributed by atoms with E-state index in [-0.39, 0.29) is 5.41 Å². The number of aromatic nitrogens is 4. The Kier molecular flexibility index (Phi) is 5.29. The molecule has 0 aliphatic heterocycles. The summed E-state index contributed by atoms with van der Waals surface area (Å²) in [5, 5.41) is 13.9. The molecular weight excluding hydrogens is 286 g/mol. The molecule has 0 fully saturated rings. The van der Waals surface area contributed by atoms with E-state index in [0.29, 0.717) is 12.5 Å². The van der Waals surface area contributed by atoms with Crippen LogP contribution in [0.4, 0.5) is 0 Å². The number of hydrogen-bond acceptors (Lipinski definition) is 6. The van der Waals surface area contributed by atoms with Gasteiger partial charge in [-0.25, -0.2) is 0 Å². The number of nitrogens with two attached hydrogens (primary N) is 1. The second-order valence-corrected chi connectivity index (χ2v) is 7.46. The summed E-state index contributed by atoms with van der Waals surface area (Å²) in [6.45, 7) is 8.01. The van der Waals surface area contributed by atoms with Crippen molar-refractivity contribution in [2.45, 2.75) is 46.6 Å². The fourth-order valence-corrected chi connectivity index (χ4v) is 3.39. The molecule has 2 heterocycles. The molecule has 0 bridgehead atoms. The summed E-state index contributed by atoms with van der Waals surface area (Å²) in [4.78, 5) is 0.836. The summed E-state index contributed by atoms with van der Waals surface area (Å²) in [7, 11) is 1.65. The van der Waals surface area contributed by atoms with Gasteiger partial charge in [-0.3, -0.25) is 0 Å². The highest BCUT2D eigenvalue weighted by molar-refractivity contribution is 7.16. The van der Waals surface area contributed by atoms with Crippen LogP contribution in [0.25, 0.3) is 4.96 Å². The minimum Gasteiger partial charge on any atom is -0.377 e. The van der Waals surface area contributed by atoms with E-state index in [1.165, 1.54) is 0 Å². The molecule has 1 unspecified atom stereocenters. The van der Waals surface area contributed by atoms with Crippen LogP contribution in [-0.4, -0.2) is 33.5 Å². The number of hydrogen-bond donors (Lipinski definition) is 1. The van der Waals surface area contributed by atoms with E-state index in [2.05, 4.69) is 36.1 Å². The number of rotatable bonds is 7. The predicted octanol–water partition coefficient (Wildman–Crippen LogP) is 2.28. The topological polar surface area (TPSA) is 78.3 Å². The van der Waals surface area contributed by atoms with Crippen molar-refractivity contribution in [1.82, 2.24) is 19.8 Å². The van der Waals surface area contributed by atoms with Gasteiger partial charge in [-0.1, -0.05) is 32.1 Å². The maximum absolute atomic E-state index is 5.74. The summed E-state index contributed by atoms with van der Waals surface area (Å²) < 4.78 is 6.90. The first-order chi connectivity index (χ1) is 9.95. The third-order valence-electron chi connectivity index (χ3n) is 3.82. The fraction of sp³-hybridized carbons (Fsp3) is 0.786. The van der Waals surface area contributed by atoms with Crippen LogP contribution in [0.15, 0.2) is 0 Å². The van der Waals surface area contributed by atoms with E-state index in [1.807, 2.05) is 0 Å². The zero-order valence-electron chi connectivity index (χ0n) is 13.3. The molecule has 2 aromatic rings. The molecular formula is C14H25N5OS. The van der Waals surface area contributed by atoms with Gasteiger partial charge in [0.15, 0.2) is 5.82 Å². The van der Waals surface area contributed by atoms with Crippen LogP contribution >= 0.6 is 11.3 Å². The van der Waals surface area contributed by atoms with Gasteiger partial charge in [0, 0.05) is 13.5 Å². The second-order valence-electron chi connectivity index (χ2n) is 6.42. The molecule has 2 N–H and O–H groups in total.